The van der Waals surface area contributed by atoms with Gasteiger partial charge in [0, 0.05) is 45.3 Å². The van der Waals surface area contributed by atoms with Crippen molar-refractivity contribution < 1.29 is 19.2 Å². The normalized spacial score (nSPS) is 19.9. The molecule has 3 aliphatic heterocycles. The molecule has 2 aromatic rings. The van der Waals surface area contributed by atoms with Crippen LogP contribution in [0.25, 0.3) is 0 Å². The van der Waals surface area contributed by atoms with E-state index >= 15 is 0 Å². The van der Waals surface area contributed by atoms with Crippen LogP contribution in [-0.2, 0) is 9.59 Å². The highest BCUT2D eigenvalue weighted by molar-refractivity contribution is 5.86. The van der Waals surface area contributed by atoms with Crippen molar-refractivity contribution in [2.45, 2.75) is 25.4 Å². The number of ether oxygens (including phenoxy) is 1. The fraction of sp³-hybridized carbons (Fsp3) is 0.462. The largest absolute Gasteiger partial charge is 0.477 e. The van der Waals surface area contributed by atoms with E-state index in [1.165, 1.54) is 6.07 Å². The number of nitro groups is 1. The Bertz CT molecular complexity index is 1130. The fourth-order valence-electron chi connectivity index (χ4n) is 5.25. The first kappa shape index (κ1) is 23.9. The van der Waals surface area contributed by atoms with E-state index in [0.29, 0.717) is 44.2 Å². The third-order valence-corrected chi connectivity index (χ3v) is 7.18. The minimum Gasteiger partial charge on any atom is -0.477 e. The predicted molar refractivity (Wildman–Crippen MR) is 135 cm³/mol. The molecule has 3 aliphatic rings. The molecule has 0 bridgehead atoms. The number of hydrogen-bond acceptors (Lipinski definition) is 7. The number of para-hydroxylation sites is 4. The molecular weight excluding hydrogens is 462 g/mol. The van der Waals surface area contributed by atoms with Crippen LogP contribution < -0.4 is 14.5 Å². The minimum absolute atomic E-state index is 0.0141. The smallest absolute Gasteiger partial charge is 0.292 e. The van der Waals surface area contributed by atoms with Crippen LogP contribution in [0.4, 0.5) is 17.1 Å². The molecule has 0 aliphatic carbocycles. The number of rotatable bonds is 5. The van der Waals surface area contributed by atoms with Crippen LogP contribution >= 0.6 is 0 Å². The lowest BCUT2D eigenvalue weighted by atomic mass is 10.1. The molecule has 1 unspecified atom stereocenters. The third-order valence-electron chi connectivity index (χ3n) is 7.18. The maximum Gasteiger partial charge on any atom is 0.292 e. The van der Waals surface area contributed by atoms with Gasteiger partial charge in [0.25, 0.3) is 11.6 Å². The van der Waals surface area contributed by atoms with E-state index < -0.39 is 6.10 Å². The summed E-state index contributed by atoms with van der Waals surface area (Å²) in [6, 6.07) is 14.2. The summed E-state index contributed by atoms with van der Waals surface area (Å²) < 4.78 is 6.08. The number of nitro benzene ring substituents is 1. The average molecular weight is 494 g/mol. The molecule has 2 fully saturated rings. The average Bonchev–Trinajstić information content (AvgIpc) is 2.93. The Morgan fingerprint density at radius 3 is 2.25 bits per heavy atom. The van der Waals surface area contributed by atoms with Crippen molar-refractivity contribution in [2.24, 2.45) is 0 Å². The number of carbonyl (C=O) groups is 2. The van der Waals surface area contributed by atoms with E-state index in [0.717, 1.165) is 38.0 Å². The van der Waals surface area contributed by atoms with Gasteiger partial charge in [-0.05, 0) is 37.5 Å². The number of piperidine rings is 1. The van der Waals surface area contributed by atoms with Crippen molar-refractivity contribution in [3.05, 3.63) is 58.6 Å². The van der Waals surface area contributed by atoms with Crippen molar-refractivity contribution in [2.75, 3.05) is 62.2 Å². The van der Waals surface area contributed by atoms with Crippen LogP contribution in [0.1, 0.15) is 19.3 Å². The summed E-state index contributed by atoms with van der Waals surface area (Å²) in [7, 11) is 0. The summed E-state index contributed by atoms with van der Waals surface area (Å²) in [5, 5.41) is 11.4. The lowest BCUT2D eigenvalue weighted by molar-refractivity contribution is -0.384. The fourth-order valence-corrected chi connectivity index (χ4v) is 5.25. The highest BCUT2D eigenvalue weighted by atomic mass is 16.6. The maximum atomic E-state index is 13.3. The van der Waals surface area contributed by atoms with E-state index in [4.69, 9.17) is 4.74 Å². The molecule has 0 saturated carbocycles. The Kier molecular flexibility index (Phi) is 6.92. The number of amides is 2. The van der Waals surface area contributed by atoms with Gasteiger partial charge < -0.3 is 24.3 Å². The van der Waals surface area contributed by atoms with Gasteiger partial charge in [0.1, 0.15) is 11.4 Å². The SMILES string of the molecule is O=C(CN1CC(C(=O)N2CCCCC2)Oc2ccccc21)N1CCN(c2ccccc2[N+](=O)[O-])CC1. The lowest BCUT2D eigenvalue weighted by Gasteiger charge is -2.40. The minimum atomic E-state index is -0.638. The molecule has 0 N–H and O–H groups in total. The van der Waals surface area contributed by atoms with Gasteiger partial charge >= 0.3 is 0 Å². The summed E-state index contributed by atoms with van der Waals surface area (Å²) in [5.41, 5.74) is 1.47. The molecule has 190 valence electrons. The summed E-state index contributed by atoms with van der Waals surface area (Å²) in [4.78, 5) is 45.1. The van der Waals surface area contributed by atoms with Crippen LogP contribution in [0.3, 0.4) is 0 Å². The molecule has 0 aromatic heterocycles. The first-order valence-electron chi connectivity index (χ1n) is 12.6. The highest BCUT2D eigenvalue weighted by Crippen LogP contribution is 2.34. The van der Waals surface area contributed by atoms with Crippen molar-refractivity contribution in [3.8, 4) is 5.75 Å². The second kappa shape index (κ2) is 10.4. The lowest BCUT2D eigenvalue weighted by Crippen LogP contribution is -2.55. The van der Waals surface area contributed by atoms with Crippen molar-refractivity contribution in [1.29, 1.82) is 0 Å². The molecule has 2 saturated heterocycles. The summed E-state index contributed by atoms with van der Waals surface area (Å²) in [6.45, 7) is 3.98. The zero-order valence-electron chi connectivity index (χ0n) is 20.3. The quantitative estimate of drug-likeness (QED) is 0.466. The molecule has 0 spiro atoms. The molecule has 3 heterocycles. The number of benzene rings is 2. The van der Waals surface area contributed by atoms with Crippen LogP contribution in [0.2, 0.25) is 0 Å². The summed E-state index contributed by atoms with van der Waals surface area (Å²) >= 11 is 0. The number of carbonyl (C=O) groups excluding carboxylic acids is 2. The zero-order valence-corrected chi connectivity index (χ0v) is 20.3. The second-order valence-corrected chi connectivity index (χ2v) is 9.45. The molecular formula is C26H31N5O5. The van der Waals surface area contributed by atoms with E-state index in [9.17, 15) is 19.7 Å². The van der Waals surface area contributed by atoms with Gasteiger partial charge in [0.15, 0.2) is 6.10 Å². The molecule has 2 amide bonds. The van der Waals surface area contributed by atoms with Gasteiger partial charge in [0.2, 0.25) is 5.91 Å². The maximum absolute atomic E-state index is 13.3. The molecule has 2 aromatic carbocycles. The molecule has 1 atom stereocenters. The van der Waals surface area contributed by atoms with E-state index in [2.05, 4.69) is 0 Å². The number of nitrogens with zero attached hydrogens (tertiary/aromatic N) is 5. The highest BCUT2D eigenvalue weighted by Gasteiger charge is 2.35. The Morgan fingerprint density at radius 2 is 1.53 bits per heavy atom. The number of anilines is 2. The standard InChI is InChI=1S/C26H31N5O5/c32-25(28-16-14-27(15-17-28)20-8-2-3-9-21(20)31(34)35)19-30-18-24(26(33)29-12-6-1-7-13-29)36-23-11-5-4-10-22(23)30/h2-5,8-11,24H,1,6-7,12-19H2. The Morgan fingerprint density at radius 1 is 0.861 bits per heavy atom. The monoisotopic (exact) mass is 493 g/mol. The number of likely N-dealkylation sites (tertiary alicyclic amines) is 1. The van der Waals surface area contributed by atoms with Crippen molar-refractivity contribution in [3.63, 3.8) is 0 Å². The predicted octanol–water partition coefficient (Wildman–Crippen LogP) is 2.52. The second-order valence-electron chi connectivity index (χ2n) is 9.45. The molecule has 10 nitrogen and oxygen atoms in total. The molecule has 36 heavy (non-hydrogen) atoms. The van der Waals surface area contributed by atoms with Gasteiger partial charge in [-0.25, -0.2) is 0 Å². The number of piperazine rings is 1. The zero-order chi connectivity index (χ0) is 25.1. The molecule has 5 rings (SSSR count). The first-order valence-corrected chi connectivity index (χ1v) is 12.6. The Balaban J connectivity index is 1.24. The summed E-state index contributed by atoms with van der Waals surface area (Å²) in [5.74, 6) is 0.575. The molecule has 0 radical (unpaired) electrons. The van der Waals surface area contributed by atoms with E-state index in [1.807, 2.05) is 39.0 Å². The van der Waals surface area contributed by atoms with E-state index in [-0.39, 0.29) is 29.0 Å². The topological polar surface area (TPSA) is 99.5 Å². The van der Waals surface area contributed by atoms with Gasteiger partial charge in [0.05, 0.1) is 23.7 Å². The Labute approximate surface area is 210 Å². The van der Waals surface area contributed by atoms with Gasteiger partial charge in [-0.2, -0.15) is 0 Å². The van der Waals surface area contributed by atoms with Crippen LogP contribution in [0.15, 0.2) is 48.5 Å². The van der Waals surface area contributed by atoms with Crippen molar-refractivity contribution in [1.82, 2.24) is 9.80 Å². The molecule has 10 heteroatoms. The van der Waals surface area contributed by atoms with E-state index in [1.54, 1.807) is 23.1 Å². The van der Waals surface area contributed by atoms with Crippen LogP contribution in [-0.4, -0.2) is 85.0 Å². The van der Waals surface area contributed by atoms with Gasteiger partial charge in [-0.15, -0.1) is 0 Å². The Hall–Kier alpha value is -3.82. The third kappa shape index (κ3) is 4.93. The number of hydrogen-bond donors (Lipinski definition) is 0. The number of fused-ring (bicyclic) bond motifs is 1. The van der Waals surface area contributed by atoms with Crippen molar-refractivity contribution >= 4 is 28.9 Å². The van der Waals surface area contributed by atoms with Gasteiger partial charge in [-0.3, -0.25) is 19.7 Å². The van der Waals surface area contributed by atoms with Crippen LogP contribution in [0.5, 0.6) is 5.75 Å². The van der Waals surface area contributed by atoms with Gasteiger partial charge in [-0.1, -0.05) is 24.3 Å². The first-order chi connectivity index (χ1) is 17.5. The van der Waals surface area contributed by atoms with Crippen LogP contribution in [0, 0.1) is 10.1 Å². The summed E-state index contributed by atoms with van der Waals surface area (Å²) in [6.07, 6.45) is 2.52.